The Bertz CT molecular complexity index is 1080. The van der Waals surface area contributed by atoms with E-state index in [4.69, 9.17) is 9.47 Å². The van der Waals surface area contributed by atoms with Gasteiger partial charge in [0.25, 0.3) is 5.91 Å². The summed E-state index contributed by atoms with van der Waals surface area (Å²) >= 11 is 1.50. The minimum atomic E-state index is -0.206. The number of aryl methyl sites for hydroxylation is 3. The molecule has 134 valence electrons. The van der Waals surface area contributed by atoms with Crippen molar-refractivity contribution in [3.05, 3.63) is 51.8 Å². The van der Waals surface area contributed by atoms with Gasteiger partial charge in [-0.2, -0.15) is 4.99 Å². The van der Waals surface area contributed by atoms with Crippen molar-refractivity contribution in [3.8, 4) is 11.5 Å². The van der Waals surface area contributed by atoms with Crippen LogP contribution >= 0.6 is 11.3 Å². The van der Waals surface area contributed by atoms with Gasteiger partial charge in [0.1, 0.15) is 0 Å². The predicted molar refractivity (Wildman–Crippen MR) is 102 cm³/mol. The molecule has 1 amide bonds. The van der Waals surface area contributed by atoms with Crippen LogP contribution in [0.5, 0.6) is 11.5 Å². The van der Waals surface area contributed by atoms with Crippen LogP contribution in [0.2, 0.25) is 0 Å². The first-order chi connectivity index (χ1) is 12.6. The Kier molecular flexibility index (Phi) is 4.28. The summed E-state index contributed by atoms with van der Waals surface area (Å²) in [4.78, 5) is 18.0. The van der Waals surface area contributed by atoms with Gasteiger partial charge in [0, 0.05) is 24.2 Å². The maximum absolute atomic E-state index is 12.8. The number of hydrogen-bond acceptors (Lipinski definition) is 4. The third-order valence-corrected chi connectivity index (χ3v) is 5.49. The van der Waals surface area contributed by atoms with E-state index >= 15 is 0 Å². The topological polar surface area (TPSA) is 52.8 Å². The molecular weight excluding hydrogens is 348 g/mol. The zero-order valence-electron chi connectivity index (χ0n) is 15.0. The van der Waals surface area contributed by atoms with E-state index in [9.17, 15) is 4.79 Å². The van der Waals surface area contributed by atoms with Gasteiger partial charge in [-0.1, -0.05) is 36.0 Å². The molecule has 0 fully saturated rings. The highest BCUT2D eigenvalue weighted by Crippen LogP contribution is 2.37. The summed E-state index contributed by atoms with van der Waals surface area (Å²) in [5, 5.41) is 0. The SMILES string of the molecule is CCCn1c(=NC(=O)c2cc(C)ccc2C)sc2cc3c(cc21)OCO3. The first-order valence-corrected chi connectivity index (χ1v) is 9.47. The molecule has 0 N–H and O–H groups in total. The Hall–Kier alpha value is -2.60. The number of thiazole rings is 1. The summed E-state index contributed by atoms with van der Waals surface area (Å²) in [6.45, 7) is 7.07. The van der Waals surface area contributed by atoms with Gasteiger partial charge in [0.2, 0.25) is 6.79 Å². The van der Waals surface area contributed by atoms with Gasteiger partial charge < -0.3 is 14.0 Å². The third-order valence-electron chi connectivity index (χ3n) is 4.44. The van der Waals surface area contributed by atoms with Crippen molar-refractivity contribution in [1.29, 1.82) is 0 Å². The van der Waals surface area contributed by atoms with E-state index in [0.29, 0.717) is 10.4 Å². The van der Waals surface area contributed by atoms with Crippen molar-refractivity contribution in [3.63, 3.8) is 0 Å². The van der Waals surface area contributed by atoms with E-state index in [1.165, 1.54) is 11.3 Å². The molecule has 0 radical (unpaired) electrons. The fraction of sp³-hybridized carbons (Fsp3) is 0.300. The van der Waals surface area contributed by atoms with Crippen molar-refractivity contribution in [1.82, 2.24) is 4.57 Å². The molecule has 5 nitrogen and oxygen atoms in total. The van der Waals surface area contributed by atoms with Gasteiger partial charge in [-0.25, -0.2) is 0 Å². The van der Waals surface area contributed by atoms with E-state index < -0.39 is 0 Å². The summed E-state index contributed by atoms with van der Waals surface area (Å²) in [6, 6.07) is 9.81. The van der Waals surface area contributed by atoms with E-state index in [-0.39, 0.29) is 12.7 Å². The number of benzene rings is 2. The lowest BCUT2D eigenvalue weighted by Gasteiger charge is -2.05. The molecule has 1 aromatic heterocycles. The number of amides is 1. The molecule has 3 aromatic rings. The van der Waals surface area contributed by atoms with Crippen LogP contribution in [-0.4, -0.2) is 17.3 Å². The normalized spacial score (nSPS) is 13.6. The fourth-order valence-corrected chi connectivity index (χ4v) is 4.16. The number of rotatable bonds is 3. The molecule has 0 saturated heterocycles. The van der Waals surface area contributed by atoms with Gasteiger partial charge in [-0.15, -0.1) is 0 Å². The van der Waals surface area contributed by atoms with Crippen LogP contribution in [0, 0.1) is 13.8 Å². The average molecular weight is 368 g/mol. The minimum absolute atomic E-state index is 0.206. The molecule has 0 unspecified atom stereocenters. The first-order valence-electron chi connectivity index (χ1n) is 8.66. The molecule has 1 aliphatic rings. The van der Waals surface area contributed by atoms with E-state index in [0.717, 1.165) is 45.8 Å². The van der Waals surface area contributed by atoms with Crippen molar-refractivity contribution < 1.29 is 14.3 Å². The Labute approximate surface area is 155 Å². The summed E-state index contributed by atoms with van der Waals surface area (Å²) in [7, 11) is 0. The number of hydrogen-bond donors (Lipinski definition) is 0. The van der Waals surface area contributed by atoms with Crippen LogP contribution in [0.25, 0.3) is 10.2 Å². The lowest BCUT2D eigenvalue weighted by molar-refractivity contribution is 0.0997. The maximum atomic E-state index is 12.8. The molecule has 2 aromatic carbocycles. The van der Waals surface area contributed by atoms with Crippen molar-refractivity contribution >= 4 is 27.5 Å². The van der Waals surface area contributed by atoms with Crippen LogP contribution in [0.15, 0.2) is 35.3 Å². The van der Waals surface area contributed by atoms with Gasteiger partial charge in [-0.05, 0) is 31.9 Å². The smallest absolute Gasteiger partial charge is 0.279 e. The lowest BCUT2D eigenvalue weighted by Crippen LogP contribution is -2.17. The first kappa shape index (κ1) is 16.8. The Morgan fingerprint density at radius 1 is 1.19 bits per heavy atom. The highest BCUT2D eigenvalue weighted by atomic mass is 32.1. The van der Waals surface area contributed by atoms with E-state index in [1.54, 1.807) is 0 Å². The number of nitrogens with zero attached hydrogens (tertiary/aromatic N) is 2. The number of carbonyl (C=O) groups excluding carboxylic acids is 1. The van der Waals surface area contributed by atoms with E-state index in [2.05, 4.69) is 16.5 Å². The largest absolute Gasteiger partial charge is 0.454 e. The second kappa shape index (κ2) is 6.61. The molecule has 26 heavy (non-hydrogen) atoms. The molecule has 2 heterocycles. The van der Waals surface area contributed by atoms with Crippen LogP contribution in [-0.2, 0) is 6.54 Å². The predicted octanol–water partition coefficient (Wildman–Crippen LogP) is 4.20. The van der Waals surface area contributed by atoms with Crippen LogP contribution in [0.3, 0.4) is 0 Å². The second-order valence-electron chi connectivity index (χ2n) is 6.44. The number of fused-ring (bicyclic) bond motifs is 2. The molecule has 0 bridgehead atoms. The Morgan fingerprint density at radius 3 is 2.73 bits per heavy atom. The maximum Gasteiger partial charge on any atom is 0.279 e. The molecular formula is C20H20N2O3S. The van der Waals surface area contributed by atoms with E-state index in [1.807, 2.05) is 44.2 Å². The molecule has 0 spiro atoms. The average Bonchev–Trinajstić information content (AvgIpc) is 3.20. The highest BCUT2D eigenvalue weighted by Gasteiger charge is 2.18. The number of aromatic nitrogens is 1. The van der Waals surface area contributed by atoms with Gasteiger partial charge in [0.05, 0.1) is 10.2 Å². The molecule has 0 atom stereocenters. The van der Waals surface area contributed by atoms with Crippen LogP contribution < -0.4 is 14.3 Å². The number of ether oxygens (including phenoxy) is 2. The molecule has 4 rings (SSSR count). The summed E-state index contributed by atoms with van der Waals surface area (Å²) in [5.41, 5.74) is 3.67. The lowest BCUT2D eigenvalue weighted by atomic mass is 10.1. The molecule has 6 heteroatoms. The standard InChI is InChI=1S/C20H20N2O3S/c1-4-7-22-15-9-16-17(25-11-24-16)10-18(15)26-20(22)21-19(23)14-8-12(2)5-6-13(14)3/h5-6,8-10H,4,7,11H2,1-3H3. The van der Waals surface area contributed by atoms with Crippen LogP contribution in [0.1, 0.15) is 34.8 Å². The Balaban J connectivity index is 1.87. The monoisotopic (exact) mass is 368 g/mol. The number of carbonyl (C=O) groups is 1. The molecule has 0 aliphatic carbocycles. The van der Waals surface area contributed by atoms with Crippen molar-refractivity contribution in [2.45, 2.75) is 33.7 Å². The summed E-state index contributed by atoms with van der Waals surface area (Å²) in [6.07, 6.45) is 0.950. The van der Waals surface area contributed by atoms with Gasteiger partial charge in [0.15, 0.2) is 16.3 Å². The molecule has 1 aliphatic heterocycles. The molecule has 0 saturated carbocycles. The van der Waals surface area contributed by atoms with Crippen molar-refractivity contribution in [2.24, 2.45) is 4.99 Å². The fourth-order valence-electron chi connectivity index (χ4n) is 3.10. The van der Waals surface area contributed by atoms with Gasteiger partial charge in [-0.3, -0.25) is 4.79 Å². The van der Waals surface area contributed by atoms with Crippen molar-refractivity contribution in [2.75, 3.05) is 6.79 Å². The third kappa shape index (κ3) is 2.90. The zero-order valence-corrected chi connectivity index (χ0v) is 15.9. The summed E-state index contributed by atoms with van der Waals surface area (Å²) < 4.78 is 14.1. The quantitative estimate of drug-likeness (QED) is 0.696. The Morgan fingerprint density at radius 2 is 1.96 bits per heavy atom. The second-order valence-corrected chi connectivity index (χ2v) is 7.45. The highest BCUT2D eigenvalue weighted by molar-refractivity contribution is 7.16. The van der Waals surface area contributed by atoms with Crippen LogP contribution in [0.4, 0.5) is 0 Å². The van der Waals surface area contributed by atoms with Gasteiger partial charge >= 0.3 is 0 Å². The summed E-state index contributed by atoms with van der Waals surface area (Å²) in [5.74, 6) is 1.28. The minimum Gasteiger partial charge on any atom is -0.454 e. The zero-order chi connectivity index (χ0) is 18.3.